The van der Waals surface area contributed by atoms with Crippen molar-refractivity contribution in [3.05, 3.63) is 59.7 Å². The van der Waals surface area contributed by atoms with Crippen LogP contribution in [0.5, 0.6) is 0 Å². The molecule has 1 unspecified atom stereocenters. The highest BCUT2D eigenvalue weighted by atomic mass is 32.2. The lowest BCUT2D eigenvalue weighted by Gasteiger charge is -2.32. The van der Waals surface area contributed by atoms with Crippen LogP contribution in [0.25, 0.3) is 0 Å². The minimum Gasteiger partial charge on any atom is -0.372 e. The Kier molecular flexibility index (Phi) is 6.71. The molecule has 3 rings (SSSR count). The average Bonchev–Trinajstić information content (AvgIpc) is 2.73. The first-order valence-electron chi connectivity index (χ1n) is 10.3. The zero-order valence-electron chi connectivity index (χ0n) is 18.1. The van der Waals surface area contributed by atoms with Gasteiger partial charge in [0.05, 0.1) is 18.0 Å². The lowest BCUT2D eigenvalue weighted by atomic mass is 9.98. The van der Waals surface area contributed by atoms with E-state index in [1.54, 1.807) is 24.3 Å². The van der Waals surface area contributed by atoms with E-state index >= 15 is 0 Å². The summed E-state index contributed by atoms with van der Waals surface area (Å²) in [5, 5.41) is 3.01. The van der Waals surface area contributed by atoms with E-state index in [1.807, 2.05) is 6.92 Å². The second-order valence-corrected chi connectivity index (χ2v) is 10.2. The predicted octanol–water partition coefficient (Wildman–Crippen LogP) is 3.81. The molecule has 0 bridgehead atoms. The van der Waals surface area contributed by atoms with Crippen molar-refractivity contribution in [3.63, 3.8) is 0 Å². The van der Waals surface area contributed by atoms with E-state index in [9.17, 15) is 13.2 Å². The normalized spacial score (nSPS) is 16.2. The highest BCUT2D eigenvalue weighted by Crippen LogP contribution is 2.25. The number of rotatable bonds is 6. The zero-order chi connectivity index (χ0) is 21.9. The minimum atomic E-state index is -3.33. The Morgan fingerprint density at radius 2 is 1.63 bits per heavy atom. The average molecular weight is 430 g/mol. The number of anilines is 2. The second-order valence-electron chi connectivity index (χ2n) is 8.23. The number of carbonyl (C=O) groups is 1. The first-order valence-corrected chi connectivity index (χ1v) is 12.2. The number of hydrogen-bond donors (Lipinski definition) is 1. The number of piperidine rings is 1. The smallest absolute Gasteiger partial charge is 0.251 e. The Morgan fingerprint density at radius 3 is 2.17 bits per heavy atom. The van der Waals surface area contributed by atoms with Gasteiger partial charge >= 0.3 is 0 Å². The summed E-state index contributed by atoms with van der Waals surface area (Å²) in [5.41, 5.74) is 3.29. The molecule has 1 N–H and O–H groups in total. The van der Waals surface area contributed by atoms with Gasteiger partial charge in [-0.05, 0) is 67.6 Å². The fourth-order valence-corrected chi connectivity index (χ4v) is 4.12. The van der Waals surface area contributed by atoms with E-state index in [2.05, 4.69) is 41.4 Å². The van der Waals surface area contributed by atoms with Crippen molar-refractivity contribution in [2.45, 2.75) is 32.7 Å². The molecule has 1 heterocycles. The maximum Gasteiger partial charge on any atom is 0.251 e. The molecular weight excluding hydrogens is 398 g/mol. The third-order valence-electron chi connectivity index (χ3n) is 5.88. The fourth-order valence-electron chi connectivity index (χ4n) is 3.62. The van der Waals surface area contributed by atoms with Gasteiger partial charge in [-0.25, -0.2) is 8.42 Å². The van der Waals surface area contributed by atoms with Crippen LogP contribution in [-0.2, 0) is 10.0 Å². The molecule has 1 fully saturated rings. The van der Waals surface area contributed by atoms with E-state index in [-0.39, 0.29) is 11.9 Å². The molecule has 1 aliphatic heterocycles. The summed E-state index contributed by atoms with van der Waals surface area (Å²) < 4.78 is 24.5. The summed E-state index contributed by atoms with van der Waals surface area (Å²) in [5.74, 6) is 0.613. The van der Waals surface area contributed by atoms with Gasteiger partial charge in [0.2, 0.25) is 10.0 Å². The van der Waals surface area contributed by atoms with Crippen molar-refractivity contribution in [1.29, 1.82) is 0 Å². The molecule has 1 amide bonds. The molecule has 6 nitrogen and oxygen atoms in total. The van der Waals surface area contributed by atoms with Crippen LogP contribution < -0.4 is 14.5 Å². The molecule has 2 aromatic carbocycles. The van der Waals surface area contributed by atoms with E-state index in [0.717, 1.165) is 30.8 Å². The third kappa shape index (κ3) is 5.33. The van der Waals surface area contributed by atoms with Gasteiger partial charge in [-0.15, -0.1) is 0 Å². The van der Waals surface area contributed by atoms with E-state index in [0.29, 0.717) is 11.3 Å². The number of nitrogens with one attached hydrogen (secondary N) is 1. The van der Waals surface area contributed by atoms with Crippen molar-refractivity contribution in [1.82, 2.24) is 5.32 Å². The van der Waals surface area contributed by atoms with Crippen molar-refractivity contribution in [3.8, 4) is 0 Å². The maximum absolute atomic E-state index is 12.6. The highest BCUT2D eigenvalue weighted by Gasteiger charge is 2.17. The maximum atomic E-state index is 12.6. The van der Waals surface area contributed by atoms with Gasteiger partial charge in [0.25, 0.3) is 5.91 Å². The Balaban J connectivity index is 1.61. The van der Waals surface area contributed by atoms with Gasteiger partial charge < -0.3 is 10.2 Å². The number of sulfonamides is 1. The first-order chi connectivity index (χ1) is 14.1. The van der Waals surface area contributed by atoms with Gasteiger partial charge in [0, 0.05) is 31.4 Å². The Morgan fingerprint density at radius 1 is 1.07 bits per heavy atom. The van der Waals surface area contributed by atoms with Crippen LogP contribution in [0.1, 0.15) is 48.7 Å². The summed E-state index contributed by atoms with van der Waals surface area (Å²) in [6, 6.07) is 14.8. The molecule has 2 aromatic rings. The molecule has 1 atom stereocenters. The minimum absolute atomic E-state index is 0.133. The summed E-state index contributed by atoms with van der Waals surface area (Å²) >= 11 is 0. The molecule has 1 saturated heterocycles. The topological polar surface area (TPSA) is 69.7 Å². The van der Waals surface area contributed by atoms with Crippen LogP contribution in [0.4, 0.5) is 11.4 Å². The highest BCUT2D eigenvalue weighted by molar-refractivity contribution is 7.92. The molecule has 0 spiro atoms. The SMILES string of the molecule is CC1CCN(c2ccc(C(C)NC(=O)c3ccc(N(C)S(C)(=O)=O)cc3)cc2)CC1. The number of amides is 1. The van der Waals surface area contributed by atoms with E-state index < -0.39 is 10.0 Å². The van der Waals surface area contributed by atoms with Crippen molar-refractivity contribution >= 4 is 27.3 Å². The summed E-state index contributed by atoms with van der Waals surface area (Å²) in [6.07, 6.45) is 3.60. The second kappa shape index (κ2) is 9.08. The largest absolute Gasteiger partial charge is 0.372 e. The Labute approximate surface area is 179 Å². The van der Waals surface area contributed by atoms with Crippen LogP contribution in [0.15, 0.2) is 48.5 Å². The van der Waals surface area contributed by atoms with Crippen LogP contribution >= 0.6 is 0 Å². The van der Waals surface area contributed by atoms with E-state index in [4.69, 9.17) is 0 Å². The van der Waals surface area contributed by atoms with Gasteiger partial charge in [-0.3, -0.25) is 9.10 Å². The summed E-state index contributed by atoms with van der Waals surface area (Å²) in [7, 11) is -1.84. The molecule has 162 valence electrons. The fraction of sp³-hybridized carbons (Fsp3) is 0.435. The summed E-state index contributed by atoms with van der Waals surface area (Å²) in [6.45, 7) is 6.46. The lowest BCUT2D eigenvalue weighted by Crippen LogP contribution is -2.32. The number of nitrogens with zero attached hydrogens (tertiary/aromatic N) is 2. The Bertz CT molecular complexity index is 964. The molecule has 7 heteroatoms. The summed E-state index contributed by atoms with van der Waals surface area (Å²) in [4.78, 5) is 15.0. The molecule has 0 aromatic heterocycles. The van der Waals surface area contributed by atoms with Gasteiger partial charge in [0.1, 0.15) is 0 Å². The lowest BCUT2D eigenvalue weighted by molar-refractivity contribution is 0.0940. The molecule has 0 saturated carbocycles. The first kappa shape index (κ1) is 22.2. The molecule has 0 radical (unpaired) electrons. The number of benzene rings is 2. The van der Waals surface area contributed by atoms with Gasteiger partial charge in [-0.1, -0.05) is 19.1 Å². The Hall–Kier alpha value is -2.54. The quantitative estimate of drug-likeness (QED) is 0.758. The predicted molar refractivity (Wildman–Crippen MR) is 123 cm³/mol. The number of carbonyl (C=O) groups excluding carboxylic acids is 1. The van der Waals surface area contributed by atoms with Crippen molar-refractivity contribution in [2.75, 3.05) is 35.6 Å². The van der Waals surface area contributed by atoms with Crippen LogP contribution in [0, 0.1) is 5.92 Å². The van der Waals surface area contributed by atoms with Crippen molar-refractivity contribution < 1.29 is 13.2 Å². The monoisotopic (exact) mass is 429 g/mol. The van der Waals surface area contributed by atoms with Gasteiger partial charge in [-0.2, -0.15) is 0 Å². The van der Waals surface area contributed by atoms with Crippen molar-refractivity contribution in [2.24, 2.45) is 5.92 Å². The standard InChI is InChI=1S/C23H31N3O3S/c1-17-13-15-26(16-14-17)22-11-5-19(6-12-22)18(2)24-23(27)20-7-9-21(10-8-20)25(3)30(4,28)29/h5-12,17-18H,13-16H2,1-4H3,(H,24,27). The van der Waals surface area contributed by atoms with Crippen LogP contribution in [-0.4, -0.2) is 40.7 Å². The molecule has 1 aliphatic rings. The van der Waals surface area contributed by atoms with E-state index in [1.165, 1.54) is 29.9 Å². The molecule has 30 heavy (non-hydrogen) atoms. The number of hydrogen-bond acceptors (Lipinski definition) is 4. The van der Waals surface area contributed by atoms with Crippen LogP contribution in [0.3, 0.4) is 0 Å². The van der Waals surface area contributed by atoms with Gasteiger partial charge in [0.15, 0.2) is 0 Å². The molecule has 0 aliphatic carbocycles. The molecular formula is C23H31N3O3S. The zero-order valence-corrected chi connectivity index (χ0v) is 18.9. The van der Waals surface area contributed by atoms with Crippen LogP contribution in [0.2, 0.25) is 0 Å². The third-order valence-corrected chi connectivity index (χ3v) is 7.09.